The molecule has 0 unspecified atom stereocenters. The highest BCUT2D eigenvalue weighted by atomic mass is 16.5. The van der Waals surface area contributed by atoms with Crippen LogP contribution >= 0.6 is 0 Å². The highest BCUT2D eigenvalue weighted by Crippen LogP contribution is 2.21. The second kappa shape index (κ2) is 8.13. The molecule has 0 spiro atoms. The molecule has 0 saturated carbocycles. The van der Waals surface area contributed by atoms with Gasteiger partial charge in [-0.15, -0.1) is 0 Å². The second-order valence-electron chi connectivity index (χ2n) is 5.91. The van der Waals surface area contributed by atoms with Crippen LogP contribution in [0.3, 0.4) is 0 Å². The Morgan fingerprint density at radius 2 is 1.74 bits per heavy atom. The Bertz CT molecular complexity index is 962. The van der Waals surface area contributed by atoms with Crippen LogP contribution in [0.4, 0.5) is 10.6 Å². The molecule has 0 aliphatic rings. The molecule has 0 bridgehead atoms. The van der Waals surface area contributed by atoms with Crippen LogP contribution in [0.2, 0.25) is 0 Å². The number of carbonyl (C=O) groups excluding carboxylic acids is 2. The number of rotatable bonds is 6. The third kappa shape index (κ3) is 4.69. The number of fused-ring (bicyclic) bond motifs is 1. The maximum Gasteiger partial charge on any atom is 0.408 e. The maximum atomic E-state index is 12.2. The number of aromatic nitrogens is 2. The largest absolute Gasteiger partial charge is 0.445 e. The number of para-hydroxylation sites is 1. The average molecular weight is 365 g/mol. The van der Waals surface area contributed by atoms with E-state index in [0.717, 1.165) is 5.56 Å². The van der Waals surface area contributed by atoms with Gasteiger partial charge in [0.1, 0.15) is 18.5 Å². The maximum absolute atomic E-state index is 12.2. The average Bonchev–Trinajstić information content (AvgIpc) is 2.66. The summed E-state index contributed by atoms with van der Waals surface area (Å²) in [4.78, 5) is 32.2. The van der Waals surface area contributed by atoms with Crippen molar-refractivity contribution in [3.8, 4) is 0 Å². The number of nitrogens with zero attached hydrogens (tertiary/aromatic N) is 2. The van der Waals surface area contributed by atoms with Gasteiger partial charge in [0.25, 0.3) is 0 Å². The zero-order valence-corrected chi connectivity index (χ0v) is 14.5. The van der Waals surface area contributed by atoms with Crippen LogP contribution < -0.4 is 16.8 Å². The number of anilines is 1. The van der Waals surface area contributed by atoms with Crippen LogP contribution in [0.5, 0.6) is 0 Å². The predicted octanol–water partition coefficient (Wildman–Crippen LogP) is 2.05. The second-order valence-corrected chi connectivity index (χ2v) is 5.91. The fourth-order valence-corrected chi connectivity index (χ4v) is 2.59. The fraction of sp³-hybridized carbons (Fsp3) is 0.158. The molecule has 8 heteroatoms. The summed E-state index contributed by atoms with van der Waals surface area (Å²) in [6, 6.07) is 15.6. The van der Waals surface area contributed by atoms with Gasteiger partial charge < -0.3 is 21.5 Å². The molecule has 1 aromatic heterocycles. The van der Waals surface area contributed by atoms with E-state index in [1.807, 2.05) is 42.5 Å². The molecule has 1 heterocycles. The van der Waals surface area contributed by atoms with Crippen molar-refractivity contribution in [1.82, 2.24) is 15.3 Å². The third-order valence-electron chi connectivity index (χ3n) is 3.87. The number of hydrogen-bond acceptors (Lipinski definition) is 6. The lowest BCUT2D eigenvalue weighted by atomic mass is 10.1. The van der Waals surface area contributed by atoms with Gasteiger partial charge in [0, 0.05) is 5.39 Å². The Morgan fingerprint density at radius 3 is 2.48 bits per heavy atom. The van der Waals surface area contributed by atoms with Gasteiger partial charge in [0.15, 0.2) is 5.82 Å². The summed E-state index contributed by atoms with van der Waals surface area (Å²) in [5.41, 5.74) is 12.7. The summed E-state index contributed by atoms with van der Waals surface area (Å²) < 4.78 is 5.19. The van der Waals surface area contributed by atoms with Crippen LogP contribution in [-0.4, -0.2) is 22.0 Å². The van der Waals surface area contributed by atoms with Crippen molar-refractivity contribution in [2.75, 3.05) is 5.73 Å². The van der Waals surface area contributed by atoms with E-state index in [9.17, 15) is 9.59 Å². The van der Waals surface area contributed by atoms with Crippen molar-refractivity contribution >= 4 is 28.7 Å². The summed E-state index contributed by atoms with van der Waals surface area (Å²) in [7, 11) is 0. The number of carbonyl (C=O) groups is 2. The number of primary amides is 1. The molecule has 0 saturated heterocycles. The van der Waals surface area contributed by atoms with Crippen LogP contribution in [-0.2, 0) is 16.1 Å². The predicted molar refractivity (Wildman–Crippen MR) is 100 cm³/mol. The van der Waals surface area contributed by atoms with Crippen LogP contribution in [0, 0.1) is 0 Å². The van der Waals surface area contributed by atoms with Gasteiger partial charge in [-0.25, -0.2) is 14.8 Å². The molecule has 8 nitrogen and oxygen atoms in total. The first kappa shape index (κ1) is 18.1. The summed E-state index contributed by atoms with van der Waals surface area (Å²) in [5, 5.41) is 3.27. The highest BCUT2D eigenvalue weighted by molar-refractivity contribution is 5.88. The number of benzene rings is 2. The molecular formula is C19H19N5O3. The molecule has 138 valence electrons. The summed E-state index contributed by atoms with van der Waals surface area (Å²) >= 11 is 0. The summed E-state index contributed by atoms with van der Waals surface area (Å²) in [6.45, 7) is 0.0939. The Morgan fingerprint density at radius 1 is 1.04 bits per heavy atom. The van der Waals surface area contributed by atoms with Gasteiger partial charge >= 0.3 is 6.09 Å². The van der Waals surface area contributed by atoms with E-state index in [0.29, 0.717) is 10.9 Å². The zero-order chi connectivity index (χ0) is 19.2. The Kier molecular flexibility index (Phi) is 5.46. The van der Waals surface area contributed by atoms with Gasteiger partial charge in [-0.1, -0.05) is 42.5 Å². The molecule has 0 fully saturated rings. The van der Waals surface area contributed by atoms with Gasteiger partial charge in [-0.3, -0.25) is 4.79 Å². The molecule has 27 heavy (non-hydrogen) atoms. The topological polar surface area (TPSA) is 133 Å². The SMILES string of the molecule is NC(=O)C[C@H](NC(=O)OCc1ccccc1)c1nc(N)c2ccccc2n1. The molecule has 3 aromatic rings. The molecular weight excluding hydrogens is 346 g/mol. The van der Waals surface area contributed by atoms with Crippen molar-refractivity contribution in [2.24, 2.45) is 5.73 Å². The number of nitrogens with two attached hydrogens (primary N) is 2. The number of amides is 2. The van der Waals surface area contributed by atoms with E-state index in [2.05, 4.69) is 15.3 Å². The normalized spacial score (nSPS) is 11.7. The number of alkyl carbamates (subject to hydrolysis) is 1. The number of ether oxygens (including phenoxy) is 1. The molecule has 2 amide bonds. The quantitative estimate of drug-likeness (QED) is 0.612. The summed E-state index contributed by atoms with van der Waals surface area (Å²) in [5.74, 6) is -0.162. The Hall–Kier alpha value is -3.68. The monoisotopic (exact) mass is 365 g/mol. The van der Waals surface area contributed by atoms with Gasteiger partial charge in [0.2, 0.25) is 5.91 Å². The smallest absolute Gasteiger partial charge is 0.408 e. The highest BCUT2D eigenvalue weighted by Gasteiger charge is 2.22. The van der Waals surface area contributed by atoms with Crippen LogP contribution in [0.25, 0.3) is 10.9 Å². The Balaban J connectivity index is 1.77. The van der Waals surface area contributed by atoms with Crippen molar-refractivity contribution in [2.45, 2.75) is 19.1 Å². The number of hydrogen-bond donors (Lipinski definition) is 3. The first-order valence-electron chi connectivity index (χ1n) is 8.30. The number of nitrogen functional groups attached to an aromatic ring is 1. The van der Waals surface area contributed by atoms with Gasteiger partial charge in [0.05, 0.1) is 11.9 Å². The van der Waals surface area contributed by atoms with Crippen LogP contribution in [0.1, 0.15) is 23.9 Å². The lowest BCUT2D eigenvalue weighted by molar-refractivity contribution is -0.118. The fourth-order valence-electron chi connectivity index (χ4n) is 2.59. The lowest BCUT2D eigenvalue weighted by Gasteiger charge is -2.17. The van der Waals surface area contributed by atoms with Crippen molar-refractivity contribution in [3.63, 3.8) is 0 Å². The van der Waals surface area contributed by atoms with E-state index >= 15 is 0 Å². The molecule has 3 rings (SSSR count). The molecule has 0 aliphatic carbocycles. The van der Waals surface area contributed by atoms with Crippen molar-refractivity contribution in [1.29, 1.82) is 0 Å². The van der Waals surface area contributed by atoms with E-state index in [4.69, 9.17) is 16.2 Å². The van der Waals surface area contributed by atoms with Gasteiger partial charge in [-0.2, -0.15) is 0 Å². The minimum absolute atomic E-state index is 0.0939. The van der Waals surface area contributed by atoms with E-state index < -0.39 is 18.0 Å². The van der Waals surface area contributed by atoms with Crippen molar-refractivity contribution < 1.29 is 14.3 Å². The minimum Gasteiger partial charge on any atom is -0.445 e. The first-order chi connectivity index (χ1) is 13.0. The minimum atomic E-state index is -0.849. The first-order valence-corrected chi connectivity index (χ1v) is 8.30. The van der Waals surface area contributed by atoms with E-state index in [-0.39, 0.29) is 24.7 Å². The lowest BCUT2D eigenvalue weighted by Crippen LogP contribution is -2.33. The Labute approximate surface area is 155 Å². The van der Waals surface area contributed by atoms with Gasteiger partial charge in [-0.05, 0) is 17.7 Å². The molecule has 1 atom stereocenters. The van der Waals surface area contributed by atoms with E-state index in [1.54, 1.807) is 12.1 Å². The van der Waals surface area contributed by atoms with Crippen molar-refractivity contribution in [3.05, 3.63) is 66.0 Å². The molecule has 0 aliphatic heterocycles. The number of nitrogens with one attached hydrogen (secondary N) is 1. The molecule has 5 N–H and O–H groups in total. The van der Waals surface area contributed by atoms with E-state index in [1.165, 1.54) is 0 Å². The summed E-state index contributed by atoms with van der Waals surface area (Å²) in [6.07, 6.45) is -0.890. The van der Waals surface area contributed by atoms with Crippen LogP contribution in [0.15, 0.2) is 54.6 Å². The molecule has 2 aromatic carbocycles. The standard InChI is InChI=1S/C19H19N5O3/c20-16(25)10-15(23-19(26)27-11-12-6-2-1-3-7-12)18-22-14-9-5-4-8-13(14)17(21)24-18/h1-9,15H,10-11H2,(H2,20,25)(H,23,26)(H2,21,22,24)/t15-/m0/s1. The zero-order valence-electron chi connectivity index (χ0n) is 14.5. The molecule has 0 radical (unpaired) electrons. The third-order valence-corrected chi connectivity index (χ3v) is 3.87.